The van der Waals surface area contributed by atoms with Gasteiger partial charge in [0.25, 0.3) is 0 Å². The zero-order valence-electron chi connectivity index (χ0n) is 11.4. The molecule has 0 nitrogen and oxygen atoms in total. The van der Waals surface area contributed by atoms with E-state index >= 15 is 0 Å². The summed E-state index contributed by atoms with van der Waals surface area (Å²) in [5, 5.41) is 0. The fourth-order valence-corrected chi connectivity index (χ4v) is 3.31. The van der Waals surface area contributed by atoms with E-state index in [1.807, 2.05) is 0 Å². The molecule has 0 aliphatic heterocycles. The average molecular weight is 220 g/mol. The van der Waals surface area contributed by atoms with Crippen molar-refractivity contribution in [3.63, 3.8) is 0 Å². The van der Waals surface area contributed by atoms with Crippen LogP contribution in [0.15, 0.2) is 12.2 Å². The molecule has 0 aromatic rings. The summed E-state index contributed by atoms with van der Waals surface area (Å²) in [4.78, 5) is 0. The second-order valence-electron chi connectivity index (χ2n) is 6.75. The first-order valence-corrected chi connectivity index (χ1v) is 7.26. The molecule has 0 spiro atoms. The molecule has 0 saturated heterocycles. The second-order valence-corrected chi connectivity index (χ2v) is 6.75. The van der Waals surface area contributed by atoms with Gasteiger partial charge >= 0.3 is 0 Å². The van der Waals surface area contributed by atoms with Crippen LogP contribution in [0.4, 0.5) is 0 Å². The lowest BCUT2D eigenvalue weighted by Gasteiger charge is -2.23. The van der Waals surface area contributed by atoms with Crippen molar-refractivity contribution in [1.82, 2.24) is 0 Å². The monoisotopic (exact) mass is 220 g/mol. The molecule has 5 atom stereocenters. The Morgan fingerprint density at radius 2 is 1.75 bits per heavy atom. The Morgan fingerprint density at radius 1 is 1.00 bits per heavy atom. The minimum Gasteiger partial charge on any atom is -0.0849 e. The molecule has 2 aliphatic carbocycles. The zero-order valence-corrected chi connectivity index (χ0v) is 11.4. The molecule has 2 aliphatic rings. The van der Waals surface area contributed by atoms with Gasteiger partial charge in [-0.15, -0.1) is 0 Å². The molecule has 2 rings (SSSR count). The summed E-state index contributed by atoms with van der Waals surface area (Å²) in [6, 6.07) is 0. The van der Waals surface area contributed by atoms with Crippen LogP contribution in [0.1, 0.15) is 53.4 Å². The molecular formula is C16H28. The highest BCUT2D eigenvalue weighted by molar-refractivity contribution is 5.06. The van der Waals surface area contributed by atoms with E-state index in [1.54, 1.807) is 0 Å². The van der Waals surface area contributed by atoms with Gasteiger partial charge in [-0.05, 0) is 48.3 Å². The molecule has 0 aromatic heterocycles. The summed E-state index contributed by atoms with van der Waals surface area (Å²) < 4.78 is 0. The summed E-state index contributed by atoms with van der Waals surface area (Å²) >= 11 is 0. The number of fused-ring (bicyclic) bond motifs is 1. The van der Waals surface area contributed by atoms with Gasteiger partial charge in [-0.2, -0.15) is 0 Å². The van der Waals surface area contributed by atoms with Crippen LogP contribution in [0.3, 0.4) is 0 Å². The van der Waals surface area contributed by atoms with Gasteiger partial charge in [-0.1, -0.05) is 52.7 Å². The summed E-state index contributed by atoms with van der Waals surface area (Å²) in [5.74, 6) is 5.47. The summed E-state index contributed by atoms with van der Waals surface area (Å²) in [7, 11) is 0. The lowest BCUT2D eigenvalue weighted by atomic mass is 9.82. The quantitative estimate of drug-likeness (QED) is 0.551. The molecule has 0 N–H and O–H groups in total. The maximum atomic E-state index is 2.55. The number of rotatable bonds is 1. The number of allylic oxidation sites excluding steroid dienone is 2. The Balaban J connectivity index is 2.03. The molecule has 0 bridgehead atoms. The molecule has 92 valence electrons. The molecule has 0 heteroatoms. The van der Waals surface area contributed by atoms with E-state index < -0.39 is 0 Å². The topological polar surface area (TPSA) is 0 Å². The van der Waals surface area contributed by atoms with Gasteiger partial charge in [0, 0.05) is 0 Å². The van der Waals surface area contributed by atoms with Crippen molar-refractivity contribution in [2.45, 2.75) is 53.4 Å². The van der Waals surface area contributed by atoms with Gasteiger partial charge in [-0.3, -0.25) is 0 Å². The number of hydrogen-bond donors (Lipinski definition) is 0. The molecule has 0 heterocycles. The second kappa shape index (κ2) is 4.94. The molecule has 1 saturated carbocycles. The third kappa shape index (κ3) is 2.90. The van der Waals surface area contributed by atoms with Gasteiger partial charge < -0.3 is 0 Å². The van der Waals surface area contributed by atoms with Gasteiger partial charge in [0.05, 0.1) is 0 Å². The van der Waals surface area contributed by atoms with Crippen LogP contribution >= 0.6 is 0 Å². The van der Waals surface area contributed by atoms with Gasteiger partial charge in [-0.25, -0.2) is 0 Å². The molecule has 0 amide bonds. The van der Waals surface area contributed by atoms with Crippen molar-refractivity contribution < 1.29 is 0 Å². The van der Waals surface area contributed by atoms with Crippen molar-refractivity contribution in [2.75, 3.05) is 0 Å². The Labute approximate surface area is 102 Å². The third-order valence-corrected chi connectivity index (χ3v) is 4.87. The highest BCUT2D eigenvalue weighted by Crippen LogP contribution is 2.48. The zero-order chi connectivity index (χ0) is 11.7. The van der Waals surface area contributed by atoms with Crippen LogP contribution in [-0.4, -0.2) is 0 Å². The lowest BCUT2D eigenvalue weighted by Crippen LogP contribution is -2.13. The van der Waals surface area contributed by atoms with Crippen molar-refractivity contribution in [3.05, 3.63) is 12.2 Å². The summed E-state index contributed by atoms with van der Waals surface area (Å²) in [5.41, 5.74) is 0. The Morgan fingerprint density at radius 3 is 2.44 bits per heavy atom. The van der Waals surface area contributed by atoms with Crippen LogP contribution in [0.5, 0.6) is 0 Å². The van der Waals surface area contributed by atoms with E-state index in [2.05, 4.69) is 39.8 Å². The predicted octanol–water partition coefficient (Wildman–Crippen LogP) is 4.91. The largest absolute Gasteiger partial charge is 0.0849 e. The maximum Gasteiger partial charge on any atom is -0.0199 e. The van der Waals surface area contributed by atoms with Crippen molar-refractivity contribution in [1.29, 1.82) is 0 Å². The fourth-order valence-electron chi connectivity index (χ4n) is 3.31. The highest BCUT2D eigenvalue weighted by Gasteiger charge is 2.39. The van der Waals surface area contributed by atoms with E-state index in [0.29, 0.717) is 0 Å². The summed E-state index contributed by atoms with van der Waals surface area (Å²) in [6.45, 7) is 9.66. The van der Waals surface area contributed by atoms with Crippen LogP contribution in [0.2, 0.25) is 0 Å². The summed E-state index contributed by atoms with van der Waals surface area (Å²) in [6.07, 6.45) is 10.9. The molecule has 0 aromatic carbocycles. The van der Waals surface area contributed by atoms with Crippen LogP contribution in [0.25, 0.3) is 0 Å². The highest BCUT2D eigenvalue weighted by atomic mass is 14.4. The van der Waals surface area contributed by atoms with Gasteiger partial charge in [0.15, 0.2) is 0 Å². The smallest absolute Gasteiger partial charge is 0.0199 e. The van der Waals surface area contributed by atoms with Gasteiger partial charge in [0.1, 0.15) is 0 Å². The first-order chi connectivity index (χ1) is 7.58. The van der Waals surface area contributed by atoms with Crippen molar-refractivity contribution in [3.8, 4) is 0 Å². The lowest BCUT2D eigenvalue weighted by molar-refractivity contribution is 0.316. The Bertz CT molecular complexity index is 251. The van der Waals surface area contributed by atoms with Crippen LogP contribution in [-0.2, 0) is 0 Å². The van der Waals surface area contributed by atoms with Crippen molar-refractivity contribution >= 4 is 0 Å². The Kier molecular flexibility index (Phi) is 3.77. The van der Waals surface area contributed by atoms with E-state index in [0.717, 1.165) is 35.5 Å². The van der Waals surface area contributed by atoms with Crippen molar-refractivity contribution in [2.24, 2.45) is 35.5 Å². The standard InChI is InChI=1S/C16H28/c1-11(2)14-7-8-15-10-16(15)13(4)6-5-12(3)9-14/h7-8,11-16H,5-6,9-10H2,1-4H3. The Hall–Kier alpha value is -0.260. The fraction of sp³-hybridized carbons (Fsp3) is 0.875. The maximum absolute atomic E-state index is 2.55. The van der Waals surface area contributed by atoms with E-state index in [1.165, 1.54) is 25.7 Å². The molecule has 16 heavy (non-hydrogen) atoms. The predicted molar refractivity (Wildman–Crippen MR) is 71.2 cm³/mol. The minimum absolute atomic E-state index is 0.813. The molecule has 1 fully saturated rings. The SMILES string of the molecule is CC1CCC(C)C2CC2C=CC(C(C)C)C1. The molecule has 5 unspecified atom stereocenters. The minimum atomic E-state index is 0.813. The van der Waals surface area contributed by atoms with E-state index in [4.69, 9.17) is 0 Å². The van der Waals surface area contributed by atoms with E-state index in [9.17, 15) is 0 Å². The molecule has 0 radical (unpaired) electrons. The van der Waals surface area contributed by atoms with E-state index in [-0.39, 0.29) is 0 Å². The van der Waals surface area contributed by atoms with Gasteiger partial charge in [0.2, 0.25) is 0 Å². The van der Waals surface area contributed by atoms with Crippen LogP contribution in [0, 0.1) is 35.5 Å². The number of hydrogen-bond acceptors (Lipinski definition) is 0. The first-order valence-electron chi connectivity index (χ1n) is 7.26. The first kappa shape index (κ1) is 12.2. The molecular weight excluding hydrogens is 192 g/mol. The average Bonchev–Trinajstić information content (AvgIpc) is 2.99. The van der Waals surface area contributed by atoms with Crippen LogP contribution < -0.4 is 0 Å². The third-order valence-electron chi connectivity index (χ3n) is 4.87. The normalized spacial score (nSPS) is 44.2.